The first-order chi connectivity index (χ1) is 6.74. The number of nitrogens with two attached hydrogens (primary N) is 1. The van der Waals surface area contributed by atoms with Crippen molar-refractivity contribution in [3.8, 4) is 0 Å². The molecule has 1 atom stereocenters. The Morgan fingerprint density at radius 3 is 2.71 bits per heavy atom. The Balaban J connectivity index is 3.53. The molecule has 0 fully saturated rings. The molecule has 0 saturated carbocycles. The minimum Gasteiger partial charge on any atom is -0.395 e. The van der Waals surface area contributed by atoms with E-state index in [1.165, 1.54) is 0 Å². The van der Waals surface area contributed by atoms with Crippen molar-refractivity contribution in [1.82, 2.24) is 4.90 Å². The number of hydrogen-bond donors (Lipinski definition) is 2. The highest BCUT2D eigenvalue weighted by Crippen LogP contribution is 2.04. The molecular weight excluding hydrogens is 176 g/mol. The molecule has 0 saturated heterocycles. The van der Waals surface area contributed by atoms with Gasteiger partial charge in [-0.15, -0.1) is 6.58 Å². The summed E-state index contributed by atoms with van der Waals surface area (Å²) in [6.07, 6.45) is 4.18. The van der Waals surface area contributed by atoms with Gasteiger partial charge in [-0.1, -0.05) is 13.0 Å². The van der Waals surface area contributed by atoms with Crippen LogP contribution in [0.5, 0.6) is 0 Å². The third kappa shape index (κ3) is 7.06. The van der Waals surface area contributed by atoms with Gasteiger partial charge in [0, 0.05) is 13.1 Å². The smallest absolute Gasteiger partial charge is 0.0558 e. The number of rotatable bonds is 9. The third-order valence-corrected chi connectivity index (χ3v) is 2.38. The first kappa shape index (κ1) is 13.6. The van der Waals surface area contributed by atoms with Gasteiger partial charge in [0.1, 0.15) is 0 Å². The van der Waals surface area contributed by atoms with Crippen LogP contribution in [0.3, 0.4) is 0 Å². The molecule has 84 valence electrons. The topological polar surface area (TPSA) is 49.5 Å². The molecule has 0 aromatic carbocycles. The molecular formula is C11H24N2O. The molecule has 0 spiro atoms. The van der Waals surface area contributed by atoms with Gasteiger partial charge in [0.25, 0.3) is 0 Å². The van der Waals surface area contributed by atoms with Crippen LogP contribution >= 0.6 is 0 Å². The molecule has 0 heterocycles. The van der Waals surface area contributed by atoms with Crippen LogP contribution in [0.2, 0.25) is 0 Å². The van der Waals surface area contributed by atoms with Gasteiger partial charge in [-0.2, -0.15) is 0 Å². The average molecular weight is 200 g/mol. The zero-order chi connectivity index (χ0) is 10.8. The van der Waals surface area contributed by atoms with Crippen molar-refractivity contribution in [3.63, 3.8) is 0 Å². The minimum absolute atomic E-state index is 0.223. The lowest BCUT2D eigenvalue weighted by atomic mass is 10.1. The van der Waals surface area contributed by atoms with Crippen molar-refractivity contribution >= 4 is 0 Å². The van der Waals surface area contributed by atoms with Gasteiger partial charge in [-0.3, -0.25) is 4.90 Å². The SMILES string of the molecule is C=CCN(CCO)CCCC(C)CN. The van der Waals surface area contributed by atoms with Crippen LogP contribution in [0.1, 0.15) is 19.8 Å². The van der Waals surface area contributed by atoms with E-state index in [0.717, 1.165) is 39.0 Å². The van der Waals surface area contributed by atoms with Gasteiger partial charge in [0.2, 0.25) is 0 Å². The molecule has 0 aliphatic heterocycles. The molecule has 0 aromatic heterocycles. The van der Waals surface area contributed by atoms with E-state index >= 15 is 0 Å². The molecule has 1 unspecified atom stereocenters. The van der Waals surface area contributed by atoms with Crippen LogP contribution < -0.4 is 5.73 Å². The Morgan fingerprint density at radius 2 is 2.21 bits per heavy atom. The van der Waals surface area contributed by atoms with Crippen LogP contribution in [0, 0.1) is 5.92 Å². The van der Waals surface area contributed by atoms with E-state index in [2.05, 4.69) is 18.4 Å². The summed E-state index contributed by atoms with van der Waals surface area (Å²) in [6.45, 7) is 9.48. The normalized spacial score (nSPS) is 13.1. The van der Waals surface area contributed by atoms with E-state index in [1.54, 1.807) is 0 Å². The Labute approximate surface area is 87.6 Å². The second kappa shape index (κ2) is 9.19. The maximum Gasteiger partial charge on any atom is 0.0558 e. The fourth-order valence-electron chi connectivity index (χ4n) is 1.40. The van der Waals surface area contributed by atoms with Gasteiger partial charge in [0.05, 0.1) is 6.61 Å². The summed E-state index contributed by atoms with van der Waals surface area (Å²) in [6, 6.07) is 0. The fourth-order valence-corrected chi connectivity index (χ4v) is 1.40. The van der Waals surface area contributed by atoms with Crippen LogP contribution in [0.25, 0.3) is 0 Å². The van der Waals surface area contributed by atoms with Crippen LogP contribution in [0.15, 0.2) is 12.7 Å². The maximum atomic E-state index is 8.82. The molecule has 3 nitrogen and oxygen atoms in total. The summed E-state index contributed by atoms with van der Waals surface area (Å²) < 4.78 is 0. The molecule has 0 bridgehead atoms. The highest BCUT2D eigenvalue weighted by molar-refractivity contribution is 4.73. The lowest BCUT2D eigenvalue weighted by molar-refractivity contribution is 0.204. The molecule has 0 rings (SSSR count). The van der Waals surface area contributed by atoms with Crippen molar-refractivity contribution in [1.29, 1.82) is 0 Å². The number of nitrogens with zero attached hydrogens (tertiary/aromatic N) is 1. The Morgan fingerprint density at radius 1 is 1.50 bits per heavy atom. The number of aliphatic hydroxyl groups is 1. The lowest BCUT2D eigenvalue weighted by Gasteiger charge is -2.19. The van der Waals surface area contributed by atoms with Crippen molar-refractivity contribution in [2.24, 2.45) is 11.7 Å². The highest BCUT2D eigenvalue weighted by atomic mass is 16.3. The van der Waals surface area contributed by atoms with Gasteiger partial charge in [-0.25, -0.2) is 0 Å². The fraction of sp³-hybridized carbons (Fsp3) is 0.818. The summed E-state index contributed by atoms with van der Waals surface area (Å²) in [5.41, 5.74) is 5.54. The number of hydrogen-bond acceptors (Lipinski definition) is 3. The van der Waals surface area contributed by atoms with Crippen molar-refractivity contribution < 1.29 is 5.11 Å². The second-order valence-electron chi connectivity index (χ2n) is 3.80. The van der Waals surface area contributed by atoms with Crippen LogP contribution in [-0.2, 0) is 0 Å². The van der Waals surface area contributed by atoms with Crippen LogP contribution in [0.4, 0.5) is 0 Å². The molecule has 0 aromatic rings. The summed E-state index contributed by atoms with van der Waals surface area (Å²) in [5.74, 6) is 0.606. The van der Waals surface area contributed by atoms with E-state index in [0.29, 0.717) is 5.92 Å². The molecule has 3 N–H and O–H groups in total. The predicted molar refractivity (Wildman–Crippen MR) is 61.2 cm³/mol. The quantitative estimate of drug-likeness (QED) is 0.542. The molecule has 0 amide bonds. The van der Waals surface area contributed by atoms with Gasteiger partial charge in [-0.05, 0) is 31.8 Å². The molecule has 3 heteroatoms. The Hall–Kier alpha value is -0.380. The highest BCUT2D eigenvalue weighted by Gasteiger charge is 2.03. The minimum atomic E-state index is 0.223. The second-order valence-corrected chi connectivity index (χ2v) is 3.80. The van der Waals surface area contributed by atoms with E-state index in [1.807, 2.05) is 6.08 Å². The standard InChI is InChI=1S/C11H24N2O/c1-3-6-13(8-9-14)7-4-5-11(2)10-12/h3,11,14H,1,4-10,12H2,2H3. The maximum absolute atomic E-state index is 8.82. The third-order valence-electron chi connectivity index (χ3n) is 2.38. The van der Waals surface area contributed by atoms with E-state index in [9.17, 15) is 0 Å². The van der Waals surface area contributed by atoms with E-state index in [-0.39, 0.29) is 6.61 Å². The zero-order valence-electron chi connectivity index (χ0n) is 9.28. The summed E-state index contributed by atoms with van der Waals surface area (Å²) in [5, 5.41) is 8.82. The van der Waals surface area contributed by atoms with Gasteiger partial charge >= 0.3 is 0 Å². The van der Waals surface area contributed by atoms with E-state index in [4.69, 9.17) is 10.8 Å². The van der Waals surface area contributed by atoms with Crippen molar-refractivity contribution in [2.75, 3.05) is 32.8 Å². The van der Waals surface area contributed by atoms with Crippen molar-refractivity contribution in [3.05, 3.63) is 12.7 Å². The Kier molecular flexibility index (Phi) is 8.94. The monoisotopic (exact) mass is 200 g/mol. The summed E-state index contributed by atoms with van der Waals surface area (Å²) in [7, 11) is 0. The van der Waals surface area contributed by atoms with E-state index < -0.39 is 0 Å². The zero-order valence-corrected chi connectivity index (χ0v) is 9.28. The average Bonchev–Trinajstić information content (AvgIpc) is 2.18. The van der Waals surface area contributed by atoms with Crippen molar-refractivity contribution in [2.45, 2.75) is 19.8 Å². The molecule has 0 aliphatic rings. The predicted octanol–water partition coefficient (Wildman–Crippen LogP) is 0.842. The summed E-state index contributed by atoms with van der Waals surface area (Å²) in [4.78, 5) is 2.20. The lowest BCUT2D eigenvalue weighted by Crippen LogP contribution is -2.28. The Bertz CT molecular complexity index is 139. The van der Waals surface area contributed by atoms with Crippen LogP contribution in [-0.4, -0.2) is 42.8 Å². The molecule has 14 heavy (non-hydrogen) atoms. The van der Waals surface area contributed by atoms with Gasteiger partial charge in [0.15, 0.2) is 0 Å². The molecule has 0 aliphatic carbocycles. The number of aliphatic hydroxyl groups excluding tert-OH is 1. The first-order valence-electron chi connectivity index (χ1n) is 5.38. The summed E-state index contributed by atoms with van der Waals surface area (Å²) >= 11 is 0. The molecule has 0 radical (unpaired) electrons. The first-order valence-corrected chi connectivity index (χ1v) is 5.38. The largest absolute Gasteiger partial charge is 0.395 e. The van der Waals surface area contributed by atoms with Gasteiger partial charge < -0.3 is 10.8 Å².